The highest BCUT2D eigenvalue weighted by atomic mass is 35.5. The predicted octanol–water partition coefficient (Wildman–Crippen LogP) is 7.58. The van der Waals surface area contributed by atoms with Crippen LogP contribution in [0.3, 0.4) is 0 Å². The third kappa shape index (κ3) is 5.44. The number of thioether (sulfide) groups is 1. The van der Waals surface area contributed by atoms with Gasteiger partial charge in [0.25, 0.3) is 5.91 Å². The maximum atomic E-state index is 13.9. The standard InChI is InChI=1S/C31H22ClN3O5S2/c1-2-15-39-22-13-9-19(10-14-22)26-25(27(36)24-16-20-5-3-4-6-23(20)40-24)28(37)29(38)35(26)30-33-34-31(42-30)41-17-18-7-11-21(32)12-8-18/h2-14,16,26,37H,1,15,17H2. The summed E-state index contributed by atoms with van der Waals surface area (Å²) >= 11 is 8.64. The highest BCUT2D eigenvalue weighted by molar-refractivity contribution is 8.00. The number of ether oxygens (including phenoxy) is 1. The van der Waals surface area contributed by atoms with Crippen molar-refractivity contribution in [2.75, 3.05) is 11.5 Å². The van der Waals surface area contributed by atoms with Crippen molar-refractivity contribution in [2.24, 2.45) is 0 Å². The number of fused-ring (bicyclic) bond motifs is 1. The van der Waals surface area contributed by atoms with Crippen molar-refractivity contribution in [3.63, 3.8) is 0 Å². The summed E-state index contributed by atoms with van der Waals surface area (Å²) in [6.45, 7) is 3.98. The van der Waals surface area contributed by atoms with Gasteiger partial charge in [0.1, 0.15) is 17.9 Å². The minimum Gasteiger partial charge on any atom is -0.503 e. The maximum absolute atomic E-state index is 13.9. The van der Waals surface area contributed by atoms with Crippen LogP contribution in [0.1, 0.15) is 27.7 Å². The van der Waals surface area contributed by atoms with E-state index in [1.165, 1.54) is 28.0 Å². The minimum atomic E-state index is -0.978. The third-order valence-corrected chi connectivity index (χ3v) is 8.92. The molecule has 6 rings (SSSR count). The molecule has 5 aromatic rings. The van der Waals surface area contributed by atoms with Gasteiger partial charge in [0.2, 0.25) is 10.9 Å². The number of hydrogen-bond acceptors (Lipinski definition) is 9. The average molecular weight is 616 g/mol. The molecular weight excluding hydrogens is 594 g/mol. The summed E-state index contributed by atoms with van der Waals surface area (Å²) in [6, 6.07) is 22.3. The summed E-state index contributed by atoms with van der Waals surface area (Å²) in [5.41, 5.74) is 2.04. The molecule has 3 heterocycles. The number of carbonyl (C=O) groups excluding carboxylic acids is 2. The summed E-state index contributed by atoms with van der Waals surface area (Å²) in [5.74, 6) is -0.794. The lowest BCUT2D eigenvalue weighted by molar-refractivity contribution is -0.117. The fourth-order valence-electron chi connectivity index (χ4n) is 4.56. The first-order chi connectivity index (χ1) is 20.4. The zero-order chi connectivity index (χ0) is 29.2. The number of amides is 1. The van der Waals surface area contributed by atoms with Crippen LogP contribution in [0.5, 0.6) is 5.75 Å². The molecule has 0 spiro atoms. The SMILES string of the molecule is C=CCOc1ccc(C2C(C(=O)c3cc4ccccc4o3)=C(O)C(=O)N2c2nnc(SCc3ccc(Cl)cc3)s2)cc1. The highest BCUT2D eigenvalue weighted by Crippen LogP contribution is 2.44. The largest absolute Gasteiger partial charge is 0.503 e. The Balaban J connectivity index is 1.35. The maximum Gasteiger partial charge on any atom is 0.296 e. The molecule has 0 saturated heterocycles. The quantitative estimate of drug-likeness (QED) is 0.0742. The van der Waals surface area contributed by atoms with E-state index in [0.717, 1.165) is 10.9 Å². The van der Waals surface area contributed by atoms with Gasteiger partial charge in [0, 0.05) is 16.2 Å². The molecule has 1 unspecified atom stereocenters. The molecule has 8 nitrogen and oxygen atoms in total. The van der Waals surface area contributed by atoms with Crippen molar-refractivity contribution < 1.29 is 23.8 Å². The zero-order valence-electron chi connectivity index (χ0n) is 21.9. The van der Waals surface area contributed by atoms with Gasteiger partial charge < -0.3 is 14.3 Å². The molecule has 11 heteroatoms. The number of anilines is 1. The summed E-state index contributed by atoms with van der Waals surface area (Å²) in [6.07, 6.45) is 1.63. The average Bonchev–Trinajstić information content (AvgIpc) is 3.72. The van der Waals surface area contributed by atoms with Crippen molar-refractivity contribution in [2.45, 2.75) is 16.1 Å². The molecule has 1 aliphatic rings. The van der Waals surface area contributed by atoms with Gasteiger partial charge in [-0.05, 0) is 47.5 Å². The summed E-state index contributed by atoms with van der Waals surface area (Å²) in [5, 5.41) is 21.3. The fourth-order valence-corrected chi connectivity index (χ4v) is 6.51. The van der Waals surface area contributed by atoms with Crippen LogP contribution in [0.15, 0.2) is 112 Å². The van der Waals surface area contributed by atoms with E-state index in [1.54, 1.807) is 48.5 Å². The first-order valence-corrected chi connectivity index (χ1v) is 15.0. The van der Waals surface area contributed by atoms with E-state index in [9.17, 15) is 14.7 Å². The predicted molar refractivity (Wildman–Crippen MR) is 163 cm³/mol. The smallest absolute Gasteiger partial charge is 0.296 e. The van der Waals surface area contributed by atoms with Gasteiger partial charge in [-0.25, -0.2) is 0 Å². The molecule has 1 aliphatic heterocycles. The van der Waals surface area contributed by atoms with Crippen molar-refractivity contribution in [1.29, 1.82) is 0 Å². The van der Waals surface area contributed by atoms with Crippen LogP contribution in [0.4, 0.5) is 5.13 Å². The molecule has 0 bridgehead atoms. The third-order valence-electron chi connectivity index (χ3n) is 6.54. The lowest BCUT2D eigenvalue weighted by Gasteiger charge is -2.24. The number of para-hydroxylation sites is 1. The number of aliphatic hydroxyl groups is 1. The van der Waals surface area contributed by atoms with E-state index in [-0.39, 0.29) is 16.5 Å². The van der Waals surface area contributed by atoms with Gasteiger partial charge in [-0.15, -0.1) is 10.2 Å². The summed E-state index contributed by atoms with van der Waals surface area (Å²) < 4.78 is 12.0. The number of halogens is 1. The number of aliphatic hydroxyl groups excluding tert-OH is 1. The zero-order valence-corrected chi connectivity index (χ0v) is 24.3. The second-order valence-electron chi connectivity index (χ2n) is 9.25. The van der Waals surface area contributed by atoms with Crippen LogP contribution < -0.4 is 9.64 Å². The Labute approximate surface area is 253 Å². The first-order valence-electron chi connectivity index (χ1n) is 12.8. The molecule has 42 heavy (non-hydrogen) atoms. The number of furan rings is 1. The molecule has 1 N–H and O–H groups in total. The number of hydrogen-bond donors (Lipinski definition) is 1. The van der Waals surface area contributed by atoms with E-state index < -0.39 is 23.5 Å². The Morgan fingerprint density at radius 1 is 1.12 bits per heavy atom. The number of Topliss-reactive ketones (excluding diaryl/α,β-unsaturated/α-hetero) is 1. The van der Waals surface area contributed by atoms with Gasteiger partial charge in [-0.2, -0.15) is 0 Å². The molecule has 0 aliphatic carbocycles. The number of carbonyl (C=O) groups is 2. The fraction of sp³-hybridized carbons (Fsp3) is 0.0968. The second kappa shape index (κ2) is 11.8. The first kappa shape index (κ1) is 27.8. The monoisotopic (exact) mass is 615 g/mol. The van der Waals surface area contributed by atoms with Gasteiger partial charge in [-0.3, -0.25) is 14.5 Å². The molecule has 0 saturated carbocycles. The lowest BCUT2D eigenvalue weighted by Crippen LogP contribution is -2.31. The van der Waals surface area contributed by atoms with E-state index >= 15 is 0 Å². The van der Waals surface area contributed by atoms with Gasteiger partial charge in [-0.1, -0.05) is 89.8 Å². The normalized spacial score (nSPS) is 15.0. The second-order valence-corrected chi connectivity index (χ2v) is 11.9. The van der Waals surface area contributed by atoms with Crippen molar-refractivity contribution >= 4 is 62.5 Å². The van der Waals surface area contributed by atoms with E-state index in [0.29, 0.717) is 38.6 Å². The topological polar surface area (TPSA) is 106 Å². The van der Waals surface area contributed by atoms with Gasteiger partial charge in [0.15, 0.2) is 15.9 Å². The Kier molecular flexibility index (Phi) is 7.84. The molecule has 1 atom stereocenters. The molecule has 210 valence electrons. The van der Waals surface area contributed by atoms with Crippen LogP contribution in [0.25, 0.3) is 11.0 Å². The Morgan fingerprint density at radius 3 is 2.62 bits per heavy atom. The molecule has 3 aromatic carbocycles. The number of aromatic nitrogens is 2. The van der Waals surface area contributed by atoms with Gasteiger partial charge in [0.05, 0.1) is 11.6 Å². The lowest BCUT2D eigenvalue weighted by atomic mass is 9.95. The summed E-state index contributed by atoms with van der Waals surface area (Å²) in [7, 11) is 0. The van der Waals surface area contributed by atoms with Gasteiger partial charge >= 0.3 is 0 Å². The number of benzene rings is 3. The minimum absolute atomic E-state index is 0.0137. The number of rotatable bonds is 10. The van der Waals surface area contributed by atoms with Crippen molar-refractivity contribution in [3.05, 3.63) is 125 Å². The molecule has 2 aromatic heterocycles. The Morgan fingerprint density at radius 2 is 1.88 bits per heavy atom. The number of nitrogens with zero attached hydrogens (tertiary/aromatic N) is 3. The van der Waals surface area contributed by atoms with Crippen LogP contribution in [0, 0.1) is 0 Å². The van der Waals surface area contributed by atoms with Crippen LogP contribution in [-0.4, -0.2) is 33.6 Å². The Hall–Kier alpha value is -4.38. The Bertz CT molecular complexity index is 1800. The molecule has 1 amide bonds. The van der Waals surface area contributed by atoms with Crippen LogP contribution in [0.2, 0.25) is 5.02 Å². The van der Waals surface area contributed by atoms with E-state index in [4.69, 9.17) is 20.8 Å². The summed E-state index contributed by atoms with van der Waals surface area (Å²) in [4.78, 5) is 28.7. The highest BCUT2D eigenvalue weighted by Gasteiger charge is 2.46. The van der Waals surface area contributed by atoms with Crippen LogP contribution >= 0.6 is 34.7 Å². The van der Waals surface area contributed by atoms with Crippen molar-refractivity contribution in [1.82, 2.24) is 10.2 Å². The number of ketones is 1. The van der Waals surface area contributed by atoms with E-state index in [1.807, 2.05) is 36.4 Å². The molecule has 0 fully saturated rings. The molecule has 0 radical (unpaired) electrons. The molecular formula is C31H22ClN3O5S2. The van der Waals surface area contributed by atoms with Crippen molar-refractivity contribution in [3.8, 4) is 5.75 Å². The van der Waals surface area contributed by atoms with Crippen LogP contribution in [-0.2, 0) is 10.5 Å². The van der Waals surface area contributed by atoms with E-state index in [2.05, 4.69) is 16.8 Å².